The Hall–Kier alpha value is -1.54. The van der Waals surface area contributed by atoms with Gasteiger partial charge in [0.25, 0.3) is 0 Å². The molecule has 0 unspecified atom stereocenters. The standard InChI is InChI=1S/C11H14N2O2S/c1-9(2)16(14,15)11-6-4-10(5-7-11)13(3)8-12/h4-7,9H,1-3H3. The van der Waals surface area contributed by atoms with E-state index < -0.39 is 15.1 Å². The minimum atomic E-state index is -3.23. The third kappa shape index (κ3) is 2.34. The van der Waals surface area contributed by atoms with Crippen molar-refractivity contribution in [3.05, 3.63) is 24.3 Å². The van der Waals surface area contributed by atoms with Gasteiger partial charge in [0, 0.05) is 7.05 Å². The number of hydrogen-bond acceptors (Lipinski definition) is 4. The first kappa shape index (κ1) is 12.5. The van der Waals surface area contributed by atoms with Crippen molar-refractivity contribution in [2.75, 3.05) is 11.9 Å². The zero-order valence-electron chi connectivity index (χ0n) is 9.51. The molecule has 4 nitrogen and oxygen atoms in total. The van der Waals surface area contributed by atoms with Crippen molar-refractivity contribution in [3.8, 4) is 6.19 Å². The quantitative estimate of drug-likeness (QED) is 0.595. The molecule has 1 aromatic carbocycles. The van der Waals surface area contributed by atoms with Gasteiger partial charge < -0.3 is 0 Å². The van der Waals surface area contributed by atoms with E-state index in [1.54, 1.807) is 33.0 Å². The monoisotopic (exact) mass is 238 g/mol. The Bertz CT molecular complexity index is 498. The Morgan fingerprint density at radius 1 is 1.25 bits per heavy atom. The number of benzene rings is 1. The van der Waals surface area contributed by atoms with Gasteiger partial charge in [-0.3, -0.25) is 4.90 Å². The van der Waals surface area contributed by atoms with Crippen LogP contribution in [0.25, 0.3) is 0 Å². The van der Waals surface area contributed by atoms with Crippen molar-refractivity contribution in [1.29, 1.82) is 5.26 Å². The highest BCUT2D eigenvalue weighted by molar-refractivity contribution is 7.92. The molecule has 5 heteroatoms. The molecule has 1 aromatic rings. The van der Waals surface area contributed by atoms with E-state index >= 15 is 0 Å². The van der Waals surface area contributed by atoms with E-state index in [1.165, 1.54) is 17.0 Å². The number of anilines is 1. The zero-order valence-corrected chi connectivity index (χ0v) is 10.3. The number of hydrogen-bond donors (Lipinski definition) is 0. The summed E-state index contributed by atoms with van der Waals surface area (Å²) in [5.41, 5.74) is 0.671. The maximum atomic E-state index is 11.8. The van der Waals surface area contributed by atoms with Crippen LogP contribution in [0.4, 0.5) is 5.69 Å². The molecular formula is C11H14N2O2S. The van der Waals surface area contributed by atoms with E-state index in [0.29, 0.717) is 5.69 Å². The van der Waals surface area contributed by atoms with Gasteiger partial charge in [0.1, 0.15) is 0 Å². The van der Waals surface area contributed by atoms with Crippen LogP contribution in [0.2, 0.25) is 0 Å². The molecule has 0 fully saturated rings. The maximum Gasteiger partial charge on any atom is 0.183 e. The van der Waals surface area contributed by atoms with Gasteiger partial charge in [-0.2, -0.15) is 5.26 Å². The third-order valence-electron chi connectivity index (χ3n) is 2.32. The molecule has 0 aliphatic carbocycles. The minimum absolute atomic E-state index is 0.289. The second-order valence-corrected chi connectivity index (χ2v) is 6.25. The normalized spacial score (nSPS) is 11.2. The highest BCUT2D eigenvalue weighted by Crippen LogP contribution is 2.19. The SMILES string of the molecule is CC(C)S(=O)(=O)c1ccc(N(C)C#N)cc1. The van der Waals surface area contributed by atoms with Gasteiger partial charge in [-0.1, -0.05) is 0 Å². The first-order valence-corrected chi connectivity index (χ1v) is 6.41. The second kappa shape index (κ2) is 4.54. The van der Waals surface area contributed by atoms with Crippen LogP contribution < -0.4 is 4.90 Å². The first-order valence-electron chi connectivity index (χ1n) is 4.87. The average Bonchev–Trinajstić information content (AvgIpc) is 2.28. The lowest BCUT2D eigenvalue weighted by Crippen LogP contribution is -2.14. The van der Waals surface area contributed by atoms with Gasteiger partial charge >= 0.3 is 0 Å². The Balaban J connectivity index is 3.11. The number of nitrogens with zero attached hydrogens (tertiary/aromatic N) is 2. The highest BCUT2D eigenvalue weighted by atomic mass is 32.2. The van der Waals surface area contributed by atoms with Crippen LogP contribution in [0, 0.1) is 11.5 Å². The third-order valence-corrected chi connectivity index (χ3v) is 4.49. The molecule has 0 N–H and O–H groups in total. The topological polar surface area (TPSA) is 61.2 Å². The number of nitriles is 1. The fraction of sp³-hybridized carbons (Fsp3) is 0.364. The molecule has 86 valence electrons. The van der Waals surface area contributed by atoms with E-state index in [2.05, 4.69) is 0 Å². The summed E-state index contributed by atoms with van der Waals surface area (Å²) in [6, 6.07) is 6.30. The number of sulfone groups is 1. The Labute approximate surface area is 96.0 Å². The summed E-state index contributed by atoms with van der Waals surface area (Å²) in [5, 5.41) is 8.23. The summed E-state index contributed by atoms with van der Waals surface area (Å²) < 4.78 is 23.6. The molecule has 0 saturated carbocycles. The van der Waals surface area contributed by atoms with Crippen LogP contribution >= 0.6 is 0 Å². The molecule has 16 heavy (non-hydrogen) atoms. The fourth-order valence-corrected chi connectivity index (χ4v) is 2.25. The molecule has 1 rings (SSSR count). The van der Waals surface area contributed by atoms with Crippen LogP contribution in [-0.4, -0.2) is 20.7 Å². The summed E-state index contributed by atoms with van der Waals surface area (Å²) in [6.45, 7) is 3.29. The second-order valence-electron chi connectivity index (χ2n) is 3.75. The van der Waals surface area contributed by atoms with Crippen molar-refractivity contribution in [2.24, 2.45) is 0 Å². The summed E-state index contributed by atoms with van der Waals surface area (Å²) in [4.78, 5) is 1.66. The zero-order chi connectivity index (χ0) is 12.3. The first-order chi connectivity index (χ1) is 7.39. The van der Waals surface area contributed by atoms with Gasteiger partial charge in [-0.05, 0) is 38.1 Å². The Morgan fingerprint density at radius 2 is 1.75 bits per heavy atom. The van der Waals surface area contributed by atoms with Crippen molar-refractivity contribution in [1.82, 2.24) is 0 Å². The van der Waals surface area contributed by atoms with Crippen LogP contribution in [0.3, 0.4) is 0 Å². The van der Waals surface area contributed by atoms with Crippen LogP contribution in [0.15, 0.2) is 29.2 Å². The predicted octanol–water partition coefficient (Wildman–Crippen LogP) is 1.79. The molecule has 0 amide bonds. The molecule has 0 heterocycles. The summed E-state index contributed by atoms with van der Waals surface area (Å²) >= 11 is 0. The van der Waals surface area contributed by atoms with Gasteiger partial charge in [0.15, 0.2) is 16.0 Å². The smallest absolute Gasteiger partial charge is 0.183 e. The van der Waals surface area contributed by atoms with E-state index in [9.17, 15) is 8.42 Å². The van der Waals surface area contributed by atoms with E-state index in [4.69, 9.17) is 5.26 Å². The van der Waals surface area contributed by atoms with E-state index in [0.717, 1.165) is 0 Å². The van der Waals surface area contributed by atoms with Crippen molar-refractivity contribution < 1.29 is 8.42 Å². The largest absolute Gasteiger partial charge is 0.283 e. The molecule has 0 bridgehead atoms. The Kier molecular flexibility index (Phi) is 3.55. The van der Waals surface area contributed by atoms with Gasteiger partial charge in [-0.25, -0.2) is 8.42 Å². The molecule has 0 aliphatic heterocycles. The average molecular weight is 238 g/mol. The summed E-state index contributed by atoms with van der Waals surface area (Å²) in [5.74, 6) is 0. The molecule has 0 atom stereocenters. The highest BCUT2D eigenvalue weighted by Gasteiger charge is 2.18. The molecule has 0 aliphatic rings. The van der Waals surface area contributed by atoms with Gasteiger partial charge in [0.2, 0.25) is 0 Å². The summed E-state index contributed by atoms with van der Waals surface area (Å²) in [7, 11) is -1.61. The predicted molar refractivity (Wildman–Crippen MR) is 62.8 cm³/mol. The lowest BCUT2D eigenvalue weighted by atomic mass is 10.3. The summed E-state index contributed by atoms with van der Waals surface area (Å²) in [6.07, 6.45) is 1.95. The van der Waals surface area contributed by atoms with Crippen LogP contribution in [0.1, 0.15) is 13.8 Å². The maximum absolute atomic E-state index is 11.8. The molecule has 0 saturated heterocycles. The molecule has 0 aromatic heterocycles. The van der Waals surface area contributed by atoms with Crippen molar-refractivity contribution in [3.63, 3.8) is 0 Å². The fourth-order valence-electron chi connectivity index (χ4n) is 1.19. The van der Waals surface area contributed by atoms with Crippen molar-refractivity contribution >= 4 is 15.5 Å². The van der Waals surface area contributed by atoms with Gasteiger partial charge in [-0.15, -0.1) is 0 Å². The van der Waals surface area contributed by atoms with Gasteiger partial charge in [0.05, 0.1) is 15.8 Å². The van der Waals surface area contributed by atoms with E-state index in [1.807, 2.05) is 6.19 Å². The molecule has 0 spiro atoms. The van der Waals surface area contributed by atoms with E-state index in [-0.39, 0.29) is 4.90 Å². The van der Waals surface area contributed by atoms with Crippen molar-refractivity contribution in [2.45, 2.75) is 24.0 Å². The lowest BCUT2D eigenvalue weighted by molar-refractivity contribution is 0.587. The van der Waals surface area contributed by atoms with Crippen LogP contribution in [-0.2, 0) is 9.84 Å². The molecular weight excluding hydrogens is 224 g/mol. The van der Waals surface area contributed by atoms with Crippen LogP contribution in [0.5, 0.6) is 0 Å². The lowest BCUT2D eigenvalue weighted by Gasteiger charge is -2.11. The minimum Gasteiger partial charge on any atom is -0.283 e. The molecule has 0 radical (unpaired) electrons. The number of rotatable bonds is 3. The Morgan fingerprint density at radius 3 is 2.12 bits per heavy atom.